The van der Waals surface area contributed by atoms with Gasteiger partial charge in [-0.25, -0.2) is 0 Å². The summed E-state index contributed by atoms with van der Waals surface area (Å²) in [6.45, 7) is 8.27. The van der Waals surface area contributed by atoms with Gasteiger partial charge in [0.15, 0.2) is 0 Å². The van der Waals surface area contributed by atoms with Crippen LogP contribution in [-0.2, 0) is 14.3 Å². The lowest BCUT2D eigenvalue weighted by atomic mass is 9.76. The number of hydrogen-bond acceptors (Lipinski definition) is 4. The van der Waals surface area contributed by atoms with Crippen molar-refractivity contribution in [2.75, 3.05) is 25.4 Å². The maximum atomic E-state index is 12.4. The first-order chi connectivity index (χ1) is 11.5. The van der Waals surface area contributed by atoms with E-state index in [2.05, 4.69) is 12.2 Å². The van der Waals surface area contributed by atoms with Crippen LogP contribution in [-0.4, -0.2) is 59.6 Å². The summed E-state index contributed by atoms with van der Waals surface area (Å²) in [6, 6.07) is 0.189. The minimum atomic E-state index is 0.0191. The Balaban J connectivity index is 1.38. The molecule has 2 aliphatic carbocycles. The molecule has 0 aromatic rings. The van der Waals surface area contributed by atoms with Crippen molar-refractivity contribution in [2.45, 2.75) is 63.9 Å². The number of nitrogens with zero attached hydrogens (tertiary/aromatic N) is 1. The van der Waals surface area contributed by atoms with Gasteiger partial charge in [0, 0.05) is 25.6 Å². The highest BCUT2D eigenvalue weighted by molar-refractivity contribution is 8.00. The third-order valence-corrected chi connectivity index (χ3v) is 6.92. The zero-order valence-corrected chi connectivity index (χ0v) is 15.9. The molecule has 1 heterocycles. The summed E-state index contributed by atoms with van der Waals surface area (Å²) in [4.78, 5) is 26.7. The van der Waals surface area contributed by atoms with Gasteiger partial charge in [0.25, 0.3) is 0 Å². The van der Waals surface area contributed by atoms with Gasteiger partial charge in [0.2, 0.25) is 11.8 Å². The summed E-state index contributed by atoms with van der Waals surface area (Å²) >= 11 is 1.68. The number of amides is 2. The van der Waals surface area contributed by atoms with E-state index in [4.69, 9.17) is 4.74 Å². The Hall–Kier alpha value is -0.750. The van der Waals surface area contributed by atoms with Crippen molar-refractivity contribution < 1.29 is 14.3 Å². The number of hydrogen-bond donors (Lipinski definition) is 1. The van der Waals surface area contributed by atoms with E-state index < -0.39 is 0 Å². The van der Waals surface area contributed by atoms with Gasteiger partial charge in [0.05, 0.1) is 17.4 Å². The molecule has 2 amide bonds. The molecule has 0 radical (unpaired) electrons. The molecule has 3 atom stereocenters. The van der Waals surface area contributed by atoms with E-state index in [1.54, 1.807) is 11.8 Å². The van der Waals surface area contributed by atoms with E-state index in [1.807, 2.05) is 18.7 Å². The molecule has 3 unspecified atom stereocenters. The quantitative estimate of drug-likeness (QED) is 0.725. The monoisotopic (exact) mass is 354 g/mol. The Labute approximate surface area is 149 Å². The number of likely N-dealkylation sites (tertiary alicyclic amines) is 1. The predicted octanol–water partition coefficient (Wildman–Crippen LogP) is 2.05. The van der Waals surface area contributed by atoms with Crippen LogP contribution in [0.15, 0.2) is 0 Å². The van der Waals surface area contributed by atoms with E-state index in [9.17, 15) is 9.59 Å². The lowest BCUT2D eigenvalue weighted by Crippen LogP contribution is -2.58. The third-order valence-electron chi connectivity index (χ3n) is 5.88. The summed E-state index contributed by atoms with van der Waals surface area (Å²) in [7, 11) is 0. The van der Waals surface area contributed by atoms with Gasteiger partial charge in [-0.05, 0) is 50.7 Å². The minimum absolute atomic E-state index is 0.0191. The zero-order valence-electron chi connectivity index (χ0n) is 15.0. The number of rotatable bonds is 8. The van der Waals surface area contributed by atoms with Crippen molar-refractivity contribution in [3.05, 3.63) is 0 Å². The van der Waals surface area contributed by atoms with E-state index >= 15 is 0 Å². The molecule has 3 rings (SSSR count). The SMILES string of the molecule is CCOC1CC2(C1)CC2C(=O)NCC1CCN1C(=O)C(C)SCC. The molecule has 1 N–H and O–H groups in total. The summed E-state index contributed by atoms with van der Waals surface area (Å²) in [5, 5.41) is 3.11. The van der Waals surface area contributed by atoms with E-state index in [0.29, 0.717) is 12.6 Å². The molecule has 0 bridgehead atoms. The first kappa shape index (κ1) is 18.1. The summed E-state index contributed by atoms with van der Waals surface area (Å²) in [5.41, 5.74) is 0.241. The lowest BCUT2D eigenvalue weighted by molar-refractivity contribution is -0.138. The Kier molecular flexibility index (Phi) is 5.45. The third kappa shape index (κ3) is 3.45. The van der Waals surface area contributed by atoms with Crippen LogP contribution in [0.3, 0.4) is 0 Å². The van der Waals surface area contributed by atoms with Crippen LogP contribution < -0.4 is 5.32 Å². The first-order valence-electron chi connectivity index (χ1n) is 9.32. The maximum Gasteiger partial charge on any atom is 0.235 e. The number of carbonyl (C=O) groups is 2. The van der Waals surface area contributed by atoms with Crippen molar-refractivity contribution in [3.8, 4) is 0 Å². The van der Waals surface area contributed by atoms with Crippen molar-refractivity contribution in [1.29, 1.82) is 0 Å². The number of nitrogens with one attached hydrogen (secondary N) is 1. The van der Waals surface area contributed by atoms with Crippen LogP contribution in [0.2, 0.25) is 0 Å². The topological polar surface area (TPSA) is 58.6 Å². The van der Waals surface area contributed by atoms with E-state index in [0.717, 1.165) is 44.6 Å². The van der Waals surface area contributed by atoms with Crippen LogP contribution >= 0.6 is 11.8 Å². The van der Waals surface area contributed by atoms with Gasteiger partial charge in [-0.15, -0.1) is 11.8 Å². The average Bonchev–Trinajstić information content (AvgIpc) is 3.22. The Morgan fingerprint density at radius 1 is 1.33 bits per heavy atom. The molecule has 24 heavy (non-hydrogen) atoms. The van der Waals surface area contributed by atoms with E-state index in [-0.39, 0.29) is 34.4 Å². The van der Waals surface area contributed by atoms with Crippen LogP contribution in [0.1, 0.15) is 46.5 Å². The van der Waals surface area contributed by atoms with E-state index in [1.165, 1.54) is 0 Å². The molecule has 136 valence electrons. The summed E-state index contributed by atoms with van der Waals surface area (Å²) in [5.74, 6) is 1.52. The zero-order chi connectivity index (χ0) is 17.3. The van der Waals surface area contributed by atoms with Crippen LogP contribution in [0.25, 0.3) is 0 Å². The van der Waals surface area contributed by atoms with Gasteiger partial charge < -0.3 is 15.0 Å². The molecular formula is C18H30N2O3S. The summed E-state index contributed by atoms with van der Waals surface area (Å²) in [6.07, 6.45) is 4.46. The fraction of sp³-hybridized carbons (Fsp3) is 0.889. The predicted molar refractivity (Wildman–Crippen MR) is 95.9 cm³/mol. The summed E-state index contributed by atoms with van der Waals surface area (Å²) < 4.78 is 5.61. The van der Waals surface area contributed by atoms with Gasteiger partial charge in [-0.1, -0.05) is 6.92 Å². The van der Waals surface area contributed by atoms with Crippen LogP contribution in [0, 0.1) is 11.3 Å². The van der Waals surface area contributed by atoms with Crippen molar-refractivity contribution >= 4 is 23.6 Å². The Morgan fingerprint density at radius 3 is 2.67 bits per heavy atom. The number of ether oxygens (including phenoxy) is 1. The maximum absolute atomic E-state index is 12.4. The fourth-order valence-corrected chi connectivity index (χ4v) is 4.99. The molecule has 2 saturated carbocycles. The average molecular weight is 355 g/mol. The smallest absolute Gasteiger partial charge is 0.235 e. The number of thioether (sulfide) groups is 1. The highest BCUT2D eigenvalue weighted by Crippen LogP contribution is 2.66. The normalized spacial score (nSPS) is 35.1. The molecular weight excluding hydrogens is 324 g/mol. The molecule has 1 saturated heterocycles. The van der Waals surface area contributed by atoms with Crippen molar-refractivity contribution in [3.63, 3.8) is 0 Å². The lowest BCUT2D eigenvalue weighted by Gasteiger charge is -2.42. The van der Waals surface area contributed by atoms with Gasteiger partial charge in [-0.2, -0.15) is 0 Å². The molecule has 1 spiro atoms. The second kappa shape index (κ2) is 7.24. The highest BCUT2D eigenvalue weighted by atomic mass is 32.2. The number of carbonyl (C=O) groups excluding carboxylic acids is 2. The minimum Gasteiger partial charge on any atom is -0.378 e. The Bertz CT molecular complexity index is 493. The van der Waals surface area contributed by atoms with Crippen molar-refractivity contribution in [1.82, 2.24) is 10.2 Å². The molecule has 5 nitrogen and oxygen atoms in total. The molecule has 0 aromatic heterocycles. The molecule has 6 heteroatoms. The molecule has 3 fully saturated rings. The second-order valence-electron chi connectivity index (χ2n) is 7.42. The van der Waals surface area contributed by atoms with Gasteiger partial charge in [0.1, 0.15) is 0 Å². The van der Waals surface area contributed by atoms with Crippen LogP contribution in [0.4, 0.5) is 0 Å². The van der Waals surface area contributed by atoms with Gasteiger partial charge >= 0.3 is 0 Å². The molecule has 1 aliphatic heterocycles. The van der Waals surface area contributed by atoms with Crippen LogP contribution in [0.5, 0.6) is 0 Å². The highest BCUT2D eigenvalue weighted by Gasteiger charge is 2.64. The molecule has 3 aliphatic rings. The molecule has 0 aromatic carbocycles. The largest absolute Gasteiger partial charge is 0.378 e. The van der Waals surface area contributed by atoms with Crippen molar-refractivity contribution in [2.24, 2.45) is 11.3 Å². The fourth-order valence-electron chi connectivity index (χ4n) is 4.21. The van der Waals surface area contributed by atoms with Gasteiger partial charge in [-0.3, -0.25) is 9.59 Å². The second-order valence-corrected chi connectivity index (χ2v) is 9.04. The Morgan fingerprint density at radius 2 is 2.08 bits per heavy atom. The first-order valence-corrected chi connectivity index (χ1v) is 10.4. The standard InChI is InChI=1S/C18H30N2O3S/c1-4-23-14-8-18(9-14)10-15(18)16(21)19-11-13-6-7-20(13)17(22)12(3)24-5-2/h12-15H,4-11H2,1-3H3,(H,19,21).